The summed E-state index contributed by atoms with van der Waals surface area (Å²) >= 11 is 7.01. The molecule has 2 amide bonds. The minimum Gasteiger partial charge on any atom is -0.495 e. The molecule has 28 heavy (non-hydrogen) atoms. The normalized spacial score (nSPS) is 15.2. The molecule has 0 radical (unpaired) electrons. The van der Waals surface area contributed by atoms with Gasteiger partial charge in [0.2, 0.25) is 0 Å². The van der Waals surface area contributed by atoms with Crippen molar-refractivity contribution < 1.29 is 19.1 Å². The third-order valence-corrected chi connectivity index (χ3v) is 5.16. The summed E-state index contributed by atoms with van der Waals surface area (Å²) in [5, 5.41) is 3.15. The zero-order valence-electron chi connectivity index (χ0n) is 15.4. The van der Waals surface area contributed by atoms with Gasteiger partial charge in [-0.1, -0.05) is 23.7 Å². The molecule has 0 bridgehead atoms. The van der Waals surface area contributed by atoms with Crippen LogP contribution in [0.1, 0.15) is 12.5 Å². The van der Waals surface area contributed by atoms with Gasteiger partial charge < -0.3 is 14.8 Å². The van der Waals surface area contributed by atoms with Gasteiger partial charge >= 0.3 is 0 Å². The summed E-state index contributed by atoms with van der Waals surface area (Å²) in [6.45, 7) is 2.55. The van der Waals surface area contributed by atoms with E-state index in [0.29, 0.717) is 28.0 Å². The van der Waals surface area contributed by atoms with E-state index in [1.54, 1.807) is 24.3 Å². The fraction of sp³-hybridized carbons (Fsp3) is 0.200. The minimum absolute atomic E-state index is 0.0495. The first-order valence-electron chi connectivity index (χ1n) is 8.57. The molecule has 146 valence electrons. The SMILES string of the molecule is CCOc1ccc(/C=C2\SC(=O)N(CNc3ccc(OC)c(Cl)c3)C2=O)cc1. The monoisotopic (exact) mass is 418 g/mol. The Kier molecular flexibility index (Phi) is 6.49. The number of nitrogens with one attached hydrogen (secondary N) is 1. The lowest BCUT2D eigenvalue weighted by atomic mass is 10.2. The topological polar surface area (TPSA) is 67.9 Å². The summed E-state index contributed by atoms with van der Waals surface area (Å²) in [7, 11) is 1.53. The van der Waals surface area contributed by atoms with Gasteiger partial charge in [0.15, 0.2) is 0 Å². The second-order valence-corrected chi connectivity index (χ2v) is 7.20. The molecule has 1 aliphatic heterocycles. The number of hydrogen-bond donors (Lipinski definition) is 1. The van der Waals surface area contributed by atoms with E-state index in [0.717, 1.165) is 28.0 Å². The number of ether oxygens (including phenoxy) is 2. The van der Waals surface area contributed by atoms with Gasteiger partial charge in [-0.15, -0.1) is 0 Å². The lowest BCUT2D eigenvalue weighted by Crippen LogP contribution is -2.33. The zero-order chi connectivity index (χ0) is 20.1. The van der Waals surface area contributed by atoms with Crippen molar-refractivity contribution >= 4 is 46.3 Å². The van der Waals surface area contributed by atoms with Crippen LogP contribution in [0.4, 0.5) is 10.5 Å². The molecule has 0 unspecified atom stereocenters. The van der Waals surface area contributed by atoms with E-state index in [1.165, 1.54) is 7.11 Å². The largest absolute Gasteiger partial charge is 0.495 e. The van der Waals surface area contributed by atoms with Crippen LogP contribution in [0, 0.1) is 0 Å². The highest BCUT2D eigenvalue weighted by molar-refractivity contribution is 8.18. The van der Waals surface area contributed by atoms with E-state index in [1.807, 2.05) is 31.2 Å². The first-order chi connectivity index (χ1) is 13.5. The number of carbonyl (C=O) groups is 2. The number of anilines is 1. The lowest BCUT2D eigenvalue weighted by molar-refractivity contribution is -0.122. The smallest absolute Gasteiger partial charge is 0.295 e. The number of rotatable bonds is 7. The molecule has 0 atom stereocenters. The first kappa shape index (κ1) is 20.1. The van der Waals surface area contributed by atoms with Gasteiger partial charge in [0.25, 0.3) is 11.1 Å². The number of nitrogens with zero attached hydrogens (tertiary/aromatic N) is 1. The minimum atomic E-state index is -0.337. The van der Waals surface area contributed by atoms with Gasteiger partial charge in [-0.05, 0) is 60.7 Å². The molecule has 0 aliphatic carbocycles. The molecule has 6 nitrogen and oxygen atoms in total. The second-order valence-electron chi connectivity index (χ2n) is 5.80. The number of amides is 2. The number of halogens is 1. The average Bonchev–Trinajstić information content (AvgIpc) is 2.95. The van der Waals surface area contributed by atoms with E-state index in [2.05, 4.69) is 5.32 Å². The standard InChI is InChI=1S/C20H19ClN2O4S/c1-3-27-15-7-4-13(5-8-15)10-18-19(24)23(20(25)28-18)12-22-14-6-9-17(26-2)16(21)11-14/h4-11,22H,3,12H2,1-2H3/b18-10-. The van der Waals surface area contributed by atoms with Crippen molar-refractivity contribution in [3.05, 3.63) is 58.0 Å². The third-order valence-electron chi connectivity index (χ3n) is 3.96. The van der Waals surface area contributed by atoms with Crippen LogP contribution in [0.25, 0.3) is 6.08 Å². The molecule has 1 aliphatic rings. The summed E-state index contributed by atoms with van der Waals surface area (Å²) in [5.74, 6) is 0.975. The van der Waals surface area contributed by atoms with Gasteiger partial charge in [-0.2, -0.15) is 0 Å². The first-order valence-corrected chi connectivity index (χ1v) is 9.77. The molecule has 0 aromatic heterocycles. The van der Waals surface area contributed by atoms with E-state index in [9.17, 15) is 9.59 Å². The summed E-state index contributed by atoms with van der Waals surface area (Å²) in [5.41, 5.74) is 1.50. The van der Waals surface area contributed by atoms with Crippen LogP contribution in [0.3, 0.4) is 0 Å². The maximum Gasteiger partial charge on any atom is 0.295 e. The number of imide groups is 1. The summed E-state index contributed by atoms with van der Waals surface area (Å²) in [4.78, 5) is 26.4. The number of hydrogen-bond acceptors (Lipinski definition) is 6. The molecule has 1 N–H and O–H groups in total. The van der Waals surface area contributed by atoms with Crippen LogP contribution in [0.5, 0.6) is 11.5 Å². The lowest BCUT2D eigenvalue weighted by Gasteiger charge is -2.15. The van der Waals surface area contributed by atoms with E-state index in [4.69, 9.17) is 21.1 Å². The Morgan fingerprint density at radius 3 is 2.57 bits per heavy atom. The number of carbonyl (C=O) groups excluding carboxylic acids is 2. The Bertz CT molecular complexity index is 915. The highest BCUT2D eigenvalue weighted by Gasteiger charge is 2.34. The van der Waals surface area contributed by atoms with Crippen molar-refractivity contribution in [2.75, 3.05) is 25.7 Å². The molecule has 2 aromatic rings. The zero-order valence-corrected chi connectivity index (χ0v) is 17.0. The Morgan fingerprint density at radius 1 is 1.18 bits per heavy atom. The van der Waals surface area contributed by atoms with Crippen molar-refractivity contribution in [3.8, 4) is 11.5 Å². The van der Waals surface area contributed by atoms with Gasteiger partial charge in [0.1, 0.15) is 11.5 Å². The molecule has 3 rings (SSSR count). The van der Waals surface area contributed by atoms with Crippen LogP contribution in [0.15, 0.2) is 47.4 Å². The quantitative estimate of drug-likeness (QED) is 0.648. The van der Waals surface area contributed by atoms with Crippen molar-refractivity contribution in [2.45, 2.75) is 6.92 Å². The van der Waals surface area contributed by atoms with Gasteiger partial charge in [0, 0.05) is 5.69 Å². The van der Waals surface area contributed by atoms with Crippen molar-refractivity contribution in [1.29, 1.82) is 0 Å². The highest BCUT2D eigenvalue weighted by Crippen LogP contribution is 2.33. The van der Waals surface area contributed by atoms with Crippen LogP contribution in [-0.2, 0) is 4.79 Å². The molecule has 1 fully saturated rings. The molecular formula is C20H19ClN2O4S. The molecular weight excluding hydrogens is 400 g/mol. The molecule has 8 heteroatoms. The number of methoxy groups -OCH3 is 1. The second kappa shape index (κ2) is 9.03. The van der Waals surface area contributed by atoms with E-state index in [-0.39, 0.29) is 17.8 Å². The van der Waals surface area contributed by atoms with E-state index < -0.39 is 0 Å². The van der Waals surface area contributed by atoms with Gasteiger partial charge in [0.05, 0.1) is 30.3 Å². The van der Waals surface area contributed by atoms with Crippen LogP contribution >= 0.6 is 23.4 Å². The Hall–Kier alpha value is -2.64. The Labute approximate surface area is 172 Å². The van der Waals surface area contributed by atoms with E-state index >= 15 is 0 Å². The summed E-state index contributed by atoms with van der Waals surface area (Å²) in [6, 6.07) is 12.5. The Balaban J connectivity index is 1.66. The number of thioether (sulfide) groups is 1. The number of benzene rings is 2. The van der Waals surface area contributed by atoms with Crippen LogP contribution < -0.4 is 14.8 Å². The average molecular weight is 419 g/mol. The van der Waals surface area contributed by atoms with Crippen molar-refractivity contribution in [2.24, 2.45) is 0 Å². The fourth-order valence-electron chi connectivity index (χ4n) is 2.56. The predicted molar refractivity (Wildman–Crippen MR) is 112 cm³/mol. The van der Waals surface area contributed by atoms with Gasteiger partial charge in [-0.25, -0.2) is 0 Å². The fourth-order valence-corrected chi connectivity index (χ4v) is 3.66. The molecule has 2 aromatic carbocycles. The molecule has 1 saturated heterocycles. The van der Waals surface area contributed by atoms with Crippen LogP contribution in [-0.4, -0.2) is 36.4 Å². The van der Waals surface area contributed by atoms with Crippen molar-refractivity contribution in [1.82, 2.24) is 4.90 Å². The maximum atomic E-state index is 12.6. The summed E-state index contributed by atoms with van der Waals surface area (Å²) in [6.07, 6.45) is 1.70. The molecule has 1 heterocycles. The highest BCUT2D eigenvalue weighted by atomic mass is 35.5. The summed E-state index contributed by atoms with van der Waals surface area (Å²) < 4.78 is 10.5. The molecule has 0 saturated carbocycles. The third kappa shape index (κ3) is 4.61. The molecule has 0 spiro atoms. The maximum absolute atomic E-state index is 12.6. The van der Waals surface area contributed by atoms with Gasteiger partial charge in [-0.3, -0.25) is 14.5 Å². The van der Waals surface area contributed by atoms with Crippen LogP contribution in [0.2, 0.25) is 5.02 Å². The predicted octanol–water partition coefficient (Wildman–Crippen LogP) is 4.85. The van der Waals surface area contributed by atoms with Crippen molar-refractivity contribution in [3.63, 3.8) is 0 Å². The Morgan fingerprint density at radius 2 is 1.93 bits per heavy atom.